The van der Waals surface area contributed by atoms with Crippen LogP contribution in [0.5, 0.6) is 5.75 Å². The van der Waals surface area contributed by atoms with Crippen LogP contribution in [0.4, 0.5) is 21.7 Å². The van der Waals surface area contributed by atoms with Crippen LogP contribution in [0.1, 0.15) is 23.7 Å². The number of ether oxygens (including phenoxy) is 1. The number of hydrogen-bond acceptors (Lipinski definition) is 8. The van der Waals surface area contributed by atoms with Crippen LogP contribution >= 0.6 is 0 Å². The monoisotopic (exact) mass is 362 g/mol. The van der Waals surface area contributed by atoms with Crippen molar-refractivity contribution >= 4 is 29.5 Å². The highest BCUT2D eigenvalue weighted by Gasteiger charge is 2.21. The van der Waals surface area contributed by atoms with Crippen molar-refractivity contribution in [3.63, 3.8) is 0 Å². The fraction of sp³-hybridized carbons (Fsp3) is 0.250. The lowest BCUT2D eigenvalue weighted by Crippen LogP contribution is -2.41. The van der Waals surface area contributed by atoms with Crippen LogP contribution in [0, 0.1) is 5.82 Å². The van der Waals surface area contributed by atoms with Gasteiger partial charge in [0.25, 0.3) is 5.91 Å². The Labute approximate surface area is 149 Å². The maximum Gasteiger partial charge on any atom is 0.252 e. The van der Waals surface area contributed by atoms with Crippen molar-refractivity contribution in [2.75, 3.05) is 17.4 Å². The number of hydrogen-bond donors (Lipinski definition) is 3. The molecule has 0 saturated heterocycles. The number of nitrogens with one attached hydrogen (secondary N) is 1. The van der Waals surface area contributed by atoms with Crippen LogP contribution in [-0.4, -0.2) is 35.3 Å². The number of aldehydes is 1. The van der Waals surface area contributed by atoms with E-state index in [0.29, 0.717) is 17.7 Å². The van der Waals surface area contributed by atoms with Gasteiger partial charge in [-0.3, -0.25) is 14.8 Å². The highest BCUT2D eigenvalue weighted by atomic mass is 19.1. The summed E-state index contributed by atoms with van der Waals surface area (Å²) in [5.41, 5.74) is 5.59. The Morgan fingerprint density at radius 2 is 2.19 bits per heavy atom. The van der Waals surface area contributed by atoms with E-state index in [4.69, 9.17) is 16.3 Å². The highest BCUT2D eigenvalue weighted by molar-refractivity contribution is 5.98. The van der Waals surface area contributed by atoms with E-state index < -0.39 is 17.8 Å². The molecule has 138 valence electrons. The molecule has 0 spiro atoms. The first-order valence-corrected chi connectivity index (χ1v) is 7.61. The molecule has 0 aliphatic heterocycles. The second-order valence-corrected chi connectivity index (χ2v) is 5.45. The third-order valence-corrected chi connectivity index (χ3v) is 3.59. The molecule has 0 aromatic carbocycles. The molecule has 0 saturated carbocycles. The molecule has 0 aliphatic rings. The Morgan fingerprint density at radius 1 is 1.46 bits per heavy atom. The normalized spacial score (nSPS) is 11.5. The van der Waals surface area contributed by atoms with E-state index in [0.717, 1.165) is 11.1 Å². The van der Waals surface area contributed by atoms with Crippen LogP contribution < -0.4 is 26.6 Å². The summed E-state index contributed by atoms with van der Waals surface area (Å²) in [5.74, 6) is 4.38. The Bertz CT molecular complexity index is 817. The molecular weight excluding hydrogens is 343 g/mol. The van der Waals surface area contributed by atoms with Gasteiger partial charge in [0.2, 0.25) is 0 Å². The predicted molar refractivity (Wildman–Crippen MR) is 93.6 cm³/mol. The van der Waals surface area contributed by atoms with E-state index in [1.807, 2.05) is 0 Å². The molecule has 0 fully saturated rings. The highest BCUT2D eigenvalue weighted by Crippen LogP contribution is 2.26. The van der Waals surface area contributed by atoms with E-state index in [-0.39, 0.29) is 23.6 Å². The molecule has 0 radical (unpaired) electrons. The van der Waals surface area contributed by atoms with Gasteiger partial charge in [0, 0.05) is 12.5 Å². The van der Waals surface area contributed by atoms with E-state index >= 15 is 0 Å². The van der Waals surface area contributed by atoms with Crippen molar-refractivity contribution < 1.29 is 18.7 Å². The number of primary amides is 1. The number of methoxy groups -OCH3 is 1. The van der Waals surface area contributed by atoms with Gasteiger partial charge in [0.1, 0.15) is 17.9 Å². The fourth-order valence-electron chi connectivity index (χ4n) is 2.14. The van der Waals surface area contributed by atoms with Crippen LogP contribution in [-0.2, 0) is 4.79 Å². The van der Waals surface area contributed by atoms with Gasteiger partial charge in [-0.2, -0.15) is 0 Å². The second-order valence-electron chi connectivity index (χ2n) is 5.45. The van der Waals surface area contributed by atoms with Gasteiger partial charge >= 0.3 is 0 Å². The topological polar surface area (TPSA) is 136 Å². The summed E-state index contributed by atoms with van der Waals surface area (Å²) >= 11 is 0. The lowest BCUT2D eigenvalue weighted by molar-refractivity contribution is -0.108. The molecule has 0 aliphatic carbocycles. The molecule has 1 amide bonds. The number of nitrogens with two attached hydrogens (primary N) is 2. The molecule has 5 N–H and O–H groups in total. The summed E-state index contributed by atoms with van der Waals surface area (Å²) < 4.78 is 19.4. The number of pyridine rings is 2. The molecule has 0 unspecified atom stereocenters. The molecule has 0 bridgehead atoms. The smallest absolute Gasteiger partial charge is 0.252 e. The molecular formula is C16H19FN6O3. The molecule has 2 aromatic heterocycles. The van der Waals surface area contributed by atoms with E-state index in [1.165, 1.54) is 19.5 Å². The molecule has 2 heterocycles. The molecule has 9 nitrogen and oxygen atoms in total. The van der Waals surface area contributed by atoms with Crippen molar-refractivity contribution in [1.82, 2.24) is 9.97 Å². The van der Waals surface area contributed by atoms with E-state index in [2.05, 4.69) is 15.3 Å². The number of anilines is 3. The van der Waals surface area contributed by atoms with Crippen LogP contribution in [0.3, 0.4) is 0 Å². The molecule has 10 heteroatoms. The first-order valence-electron chi connectivity index (χ1n) is 7.61. The van der Waals surface area contributed by atoms with E-state index in [9.17, 15) is 14.0 Å². The minimum Gasteiger partial charge on any atom is -0.495 e. The van der Waals surface area contributed by atoms with Gasteiger partial charge in [-0.25, -0.2) is 15.2 Å². The van der Waals surface area contributed by atoms with Crippen molar-refractivity contribution in [3.05, 3.63) is 35.9 Å². The first-order chi connectivity index (χ1) is 12.4. The number of carbonyl (C=O) groups excluding carboxylic acids is 2. The Hall–Kier alpha value is -3.27. The maximum absolute atomic E-state index is 14.4. The van der Waals surface area contributed by atoms with Crippen molar-refractivity contribution in [2.45, 2.75) is 19.4 Å². The predicted octanol–water partition coefficient (Wildman–Crippen LogP) is 1.12. The molecule has 2 aromatic rings. The summed E-state index contributed by atoms with van der Waals surface area (Å²) in [6.45, 7) is 1.64. The zero-order valence-corrected chi connectivity index (χ0v) is 14.3. The summed E-state index contributed by atoms with van der Waals surface area (Å²) in [6, 6.07) is 2.05. The average Bonchev–Trinajstić information content (AvgIpc) is 2.62. The van der Waals surface area contributed by atoms with Gasteiger partial charge in [-0.1, -0.05) is 0 Å². The first kappa shape index (κ1) is 19.1. The number of amides is 1. The second kappa shape index (κ2) is 8.21. The zero-order chi connectivity index (χ0) is 19.3. The largest absolute Gasteiger partial charge is 0.495 e. The third kappa shape index (κ3) is 4.22. The quantitative estimate of drug-likeness (QED) is 0.361. The number of carbonyl (C=O) groups is 2. The number of rotatable bonds is 8. The number of aromatic nitrogens is 2. The number of hydrazine groups is 1. The standard InChI is InChI=1S/C16H19FN6O3/c1-9(3-4-24)23(19)16-13(17)6-12(14(18)25)15(22-16)21-10-5-11(26-2)8-20-7-10/h4-9H,3,19H2,1-2H3,(H2,18,25)(H,21,22)/t9-/m1/s1. The van der Waals surface area contributed by atoms with Gasteiger partial charge in [0.15, 0.2) is 11.6 Å². The van der Waals surface area contributed by atoms with Crippen molar-refractivity contribution in [3.8, 4) is 5.75 Å². The SMILES string of the molecule is COc1cncc(Nc2nc(N(N)[C@H](C)CC=O)c(F)cc2C(N)=O)c1. The average molecular weight is 362 g/mol. The van der Waals surface area contributed by atoms with Gasteiger partial charge in [-0.05, 0) is 13.0 Å². The minimum absolute atomic E-state index is 0.00212. The summed E-state index contributed by atoms with van der Waals surface area (Å²) in [7, 11) is 1.48. The maximum atomic E-state index is 14.4. The third-order valence-electron chi connectivity index (χ3n) is 3.59. The number of nitrogens with zero attached hydrogens (tertiary/aromatic N) is 3. The zero-order valence-electron chi connectivity index (χ0n) is 14.3. The molecule has 2 rings (SSSR count). The molecule has 26 heavy (non-hydrogen) atoms. The Kier molecular flexibility index (Phi) is 6.02. The molecule has 1 atom stereocenters. The number of halogens is 1. The van der Waals surface area contributed by atoms with Crippen LogP contribution in [0.15, 0.2) is 24.5 Å². The Balaban J connectivity index is 2.46. The lowest BCUT2D eigenvalue weighted by atomic mass is 10.2. The summed E-state index contributed by atoms with van der Waals surface area (Å²) in [4.78, 5) is 30.4. The van der Waals surface area contributed by atoms with Crippen molar-refractivity contribution in [1.29, 1.82) is 0 Å². The Morgan fingerprint density at radius 3 is 2.81 bits per heavy atom. The van der Waals surface area contributed by atoms with Crippen LogP contribution in [0.25, 0.3) is 0 Å². The lowest BCUT2D eigenvalue weighted by Gasteiger charge is -2.25. The fourth-order valence-corrected chi connectivity index (χ4v) is 2.14. The van der Waals surface area contributed by atoms with Gasteiger partial charge in [0.05, 0.1) is 36.8 Å². The van der Waals surface area contributed by atoms with Gasteiger partial charge < -0.3 is 20.6 Å². The van der Waals surface area contributed by atoms with Crippen LogP contribution in [0.2, 0.25) is 0 Å². The van der Waals surface area contributed by atoms with E-state index in [1.54, 1.807) is 13.0 Å². The van der Waals surface area contributed by atoms with Gasteiger partial charge in [-0.15, -0.1) is 0 Å². The summed E-state index contributed by atoms with van der Waals surface area (Å²) in [5, 5.41) is 3.87. The minimum atomic E-state index is -0.870. The van der Waals surface area contributed by atoms with Crippen molar-refractivity contribution in [2.24, 2.45) is 11.6 Å². The summed E-state index contributed by atoms with van der Waals surface area (Å²) in [6.07, 6.45) is 3.71.